The van der Waals surface area contributed by atoms with Gasteiger partial charge in [-0.25, -0.2) is 8.42 Å². The fraction of sp³-hybridized carbons (Fsp3) is 0.838. The molecule has 0 radical (unpaired) electrons. The maximum absolute atomic E-state index is 13.5. The minimum atomic E-state index is -3.46. The van der Waals surface area contributed by atoms with Gasteiger partial charge in [0.05, 0.1) is 35.1 Å². The van der Waals surface area contributed by atoms with Gasteiger partial charge in [-0.3, -0.25) is 0 Å². The second kappa shape index (κ2) is 19.7. The highest BCUT2D eigenvalue weighted by Gasteiger charge is 2.43. The summed E-state index contributed by atoms with van der Waals surface area (Å²) in [7, 11) is -5.88. The fourth-order valence-corrected chi connectivity index (χ4v) is 15.0. The van der Waals surface area contributed by atoms with E-state index < -0.39 is 32.6 Å². The highest BCUT2D eigenvalue weighted by molar-refractivity contribution is 7.91. The first-order chi connectivity index (χ1) is 22.2. The van der Waals surface area contributed by atoms with Crippen LogP contribution in [0, 0.1) is 23.7 Å². The second-order valence-corrected chi connectivity index (χ2v) is 26.0. The molecule has 0 saturated carbocycles. The van der Waals surface area contributed by atoms with E-state index >= 15 is 0 Å². The molecule has 1 aromatic rings. The van der Waals surface area contributed by atoms with Crippen molar-refractivity contribution in [2.75, 3.05) is 12.9 Å². The summed E-state index contributed by atoms with van der Waals surface area (Å²) in [5.74, 6) is 0.530. The SMILES string of the molecule is CC[Si](CC)(CC)O[C@H]([C@H](C)[C@H](CCS(=O)(=O)c1ccccc1)O[Si](CC)(CC)CC)[C@@H](C)CC[C@@H](O)[C@H](C)[C@@H]1O[C@H](OC)C[C@H]1C. The number of benzene rings is 1. The Morgan fingerprint density at radius 2 is 1.38 bits per heavy atom. The lowest BCUT2D eigenvalue weighted by Gasteiger charge is -2.44. The summed E-state index contributed by atoms with van der Waals surface area (Å²) in [5.41, 5.74) is 0. The van der Waals surface area contributed by atoms with Gasteiger partial charge in [-0.05, 0) is 79.5 Å². The van der Waals surface area contributed by atoms with Crippen molar-refractivity contribution in [3.05, 3.63) is 30.3 Å². The molecule has 1 heterocycles. The summed E-state index contributed by atoms with van der Waals surface area (Å²) >= 11 is 0. The van der Waals surface area contributed by atoms with Crippen molar-refractivity contribution in [3.63, 3.8) is 0 Å². The van der Waals surface area contributed by atoms with Crippen LogP contribution in [0.25, 0.3) is 0 Å². The van der Waals surface area contributed by atoms with E-state index in [1.54, 1.807) is 31.4 Å². The van der Waals surface area contributed by atoms with E-state index in [0.717, 1.165) is 49.1 Å². The third kappa shape index (κ3) is 11.5. The van der Waals surface area contributed by atoms with Gasteiger partial charge >= 0.3 is 0 Å². The third-order valence-electron chi connectivity index (χ3n) is 11.8. The van der Waals surface area contributed by atoms with Gasteiger partial charge in [0.25, 0.3) is 0 Å². The van der Waals surface area contributed by atoms with Crippen LogP contribution >= 0.6 is 0 Å². The predicted molar refractivity (Wildman–Crippen MR) is 199 cm³/mol. The second-order valence-electron chi connectivity index (χ2n) is 14.5. The van der Waals surface area contributed by atoms with Crippen molar-refractivity contribution >= 4 is 26.5 Å². The summed E-state index contributed by atoms with van der Waals surface area (Å²) in [5, 5.41) is 11.4. The lowest BCUT2D eigenvalue weighted by Crippen LogP contribution is -2.50. The zero-order valence-electron chi connectivity index (χ0n) is 31.7. The zero-order valence-corrected chi connectivity index (χ0v) is 34.5. The van der Waals surface area contributed by atoms with Crippen molar-refractivity contribution in [2.24, 2.45) is 23.7 Å². The molecule has 0 unspecified atom stereocenters. The van der Waals surface area contributed by atoms with E-state index in [-0.39, 0.29) is 48.1 Å². The van der Waals surface area contributed by atoms with Gasteiger partial charge in [-0.2, -0.15) is 0 Å². The number of ether oxygens (including phenoxy) is 2. The summed E-state index contributed by atoms with van der Waals surface area (Å²) in [6.45, 7) is 22.2. The van der Waals surface area contributed by atoms with Crippen molar-refractivity contribution < 1.29 is 31.9 Å². The molecule has 1 fully saturated rings. The Morgan fingerprint density at radius 3 is 1.87 bits per heavy atom. The van der Waals surface area contributed by atoms with Gasteiger partial charge in [0, 0.05) is 25.4 Å². The molecule has 2 rings (SSSR count). The minimum Gasteiger partial charge on any atom is -0.414 e. The van der Waals surface area contributed by atoms with Crippen LogP contribution in [0.15, 0.2) is 35.2 Å². The van der Waals surface area contributed by atoms with Gasteiger partial charge in [0.15, 0.2) is 32.8 Å². The molecule has 47 heavy (non-hydrogen) atoms. The van der Waals surface area contributed by atoms with E-state index in [1.165, 1.54) is 0 Å². The van der Waals surface area contributed by atoms with Crippen LogP contribution in [0.5, 0.6) is 0 Å². The van der Waals surface area contributed by atoms with Crippen LogP contribution in [-0.4, -0.2) is 73.7 Å². The highest BCUT2D eigenvalue weighted by Crippen LogP contribution is 2.38. The van der Waals surface area contributed by atoms with Crippen LogP contribution in [0.3, 0.4) is 0 Å². The number of aliphatic hydroxyl groups is 1. The summed E-state index contributed by atoms with van der Waals surface area (Å²) in [6.07, 6.45) is 1.70. The average Bonchev–Trinajstić information content (AvgIpc) is 3.48. The van der Waals surface area contributed by atoms with Crippen LogP contribution in [-0.2, 0) is 28.2 Å². The Balaban J connectivity index is 2.39. The third-order valence-corrected chi connectivity index (χ3v) is 22.9. The first-order valence-electron chi connectivity index (χ1n) is 18.7. The minimum absolute atomic E-state index is 0.000705. The van der Waals surface area contributed by atoms with E-state index in [0.29, 0.717) is 23.7 Å². The van der Waals surface area contributed by atoms with Gasteiger partial charge in [-0.15, -0.1) is 0 Å². The Labute approximate surface area is 291 Å². The highest BCUT2D eigenvalue weighted by atomic mass is 32.2. The topological polar surface area (TPSA) is 91.3 Å². The summed E-state index contributed by atoms with van der Waals surface area (Å²) in [4.78, 5) is 0.368. The Morgan fingerprint density at radius 1 is 0.851 bits per heavy atom. The monoisotopic (exact) mass is 714 g/mol. The standard InChI is InChI=1S/C37H70O7SSi2/c1-12-46(13-2,14-3)43-34(25-26-45(39,40)32-21-19-18-20-22-32)31(10)37(44-47(15-4,16-5)17-6)28(7)23-24-33(38)30(9)36-29(8)27-35(41-11)42-36/h18-22,28-31,33-38H,12-17,23-27H2,1-11H3/t28-,29+,30-,31+,33+,34-,35-,36+,37-/m0/s1. The molecule has 1 aliphatic rings. The molecule has 7 nitrogen and oxygen atoms in total. The Hall–Kier alpha value is -0.596. The van der Waals surface area contributed by atoms with Crippen molar-refractivity contribution in [1.82, 2.24) is 0 Å². The Bertz CT molecular complexity index is 1100. The van der Waals surface area contributed by atoms with E-state index in [2.05, 4.69) is 69.2 Å². The molecule has 1 aromatic carbocycles. The molecule has 0 amide bonds. The van der Waals surface area contributed by atoms with E-state index in [1.807, 2.05) is 6.07 Å². The van der Waals surface area contributed by atoms with Crippen LogP contribution in [0.4, 0.5) is 0 Å². The van der Waals surface area contributed by atoms with Crippen LogP contribution in [0.2, 0.25) is 36.3 Å². The lowest BCUT2D eigenvalue weighted by atomic mass is 9.83. The molecule has 0 spiro atoms. The number of hydrogen-bond acceptors (Lipinski definition) is 7. The van der Waals surface area contributed by atoms with Crippen LogP contribution in [0.1, 0.15) is 94.9 Å². The number of rotatable bonds is 23. The molecule has 1 saturated heterocycles. The summed E-state index contributed by atoms with van der Waals surface area (Å²) in [6, 6.07) is 14.9. The largest absolute Gasteiger partial charge is 0.414 e. The van der Waals surface area contributed by atoms with Crippen molar-refractivity contribution in [1.29, 1.82) is 0 Å². The maximum Gasteiger partial charge on any atom is 0.192 e. The molecule has 9 atom stereocenters. The lowest BCUT2D eigenvalue weighted by molar-refractivity contribution is -0.137. The predicted octanol–water partition coefficient (Wildman–Crippen LogP) is 9.08. The van der Waals surface area contributed by atoms with Gasteiger partial charge < -0.3 is 23.4 Å². The normalized spacial score (nSPS) is 23.3. The number of sulfone groups is 1. The van der Waals surface area contributed by atoms with Crippen molar-refractivity contribution in [2.45, 2.75) is 167 Å². The molecule has 0 bridgehead atoms. The van der Waals surface area contributed by atoms with Gasteiger partial charge in [0.1, 0.15) is 0 Å². The molecule has 1 N–H and O–H groups in total. The quantitative estimate of drug-likeness (QED) is 0.113. The zero-order chi connectivity index (χ0) is 35.4. The van der Waals surface area contributed by atoms with Crippen molar-refractivity contribution in [3.8, 4) is 0 Å². The molecular formula is C37H70O7SSi2. The van der Waals surface area contributed by atoms with Gasteiger partial charge in [-0.1, -0.05) is 87.4 Å². The molecule has 1 aliphatic heterocycles. The number of aliphatic hydroxyl groups excluding tert-OH is 1. The fourth-order valence-electron chi connectivity index (χ4n) is 7.69. The van der Waals surface area contributed by atoms with E-state index in [4.69, 9.17) is 18.3 Å². The smallest absolute Gasteiger partial charge is 0.192 e. The average molecular weight is 715 g/mol. The molecular weight excluding hydrogens is 645 g/mol. The number of methoxy groups -OCH3 is 1. The molecule has 10 heteroatoms. The molecule has 274 valence electrons. The first-order valence-corrected chi connectivity index (χ1v) is 25.4. The maximum atomic E-state index is 13.5. The number of hydrogen-bond donors (Lipinski definition) is 1. The van der Waals surface area contributed by atoms with E-state index in [9.17, 15) is 13.5 Å². The van der Waals surface area contributed by atoms with Gasteiger partial charge in [0.2, 0.25) is 0 Å². The molecule has 0 aliphatic carbocycles. The van der Waals surface area contributed by atoms with Crippen LogP contribution < -0.4 is 0 Å². The Kier molecular flexibility index (Phi) is 17.8. The molecule has 0 aromatic heterocycles. The summed E-state index contributed by atoms with van der Waals surface area (Å²) < 4.78 is 53.2. The first kappa shape index (κ1) is 42.6.